The van der Waals surface area contributed by atoms with E-state index in [-0.39, 0.29) is 12.4 Å². The lowest BCUT2D eigenvalue weighted by molar-refractivity contribution is 0.282. The predicted octanol–water partition coefficient (Wildman–Crippen LogP) is 4.41. The number of pyridine rings is 1. The maximum absolute atomic E-state index is 11.3. The molecular weight excluding hydrogens is 290 g/mol. The molecule has 1 aromatic carbocycles. The first-order valence-corrected chi connectivity index (χ1v) is 7.73. The molecule has 118 valence electrons. The number of imidazole rings is 1. The molecule has 0 saturated carbocycles. The first-order chi connectivity index (χ1) is 11.2. The van der Waals surface area contributed by atoms with Gasteiger partial charge in [0.05, 0.1) is 6.61 Å². The molecule has 0 aliphatic carbocycles. The zero-order valence-electron chi connectivity index (χ0n) is 13.2. The summed E-state index contributed by atoms with van der Waals surface area (Å²) in [7, 11) is 0. The third-order valence-electron chi connectivity index (χ3n) is 4.30. The van der Waals surface area contributed by atoms with Gasteiger partial charge in [0.25, 0.3) is 0 Å². The van der Waals surface area contributed by atoms with Crippen LogP contribution in [0.5, 0.6) is 0 Å². The number of nitroso groups, excluding NO2 is 1. The third-order valence-corrected chi connectivity index (χ3v) is 4.30. The van der Waals surface area contributed by atoms with Crippen LogP contribution in [-0.2, 0) is 6.61 Å². The van der Waals surface area contributed by atoms with Gasteiger partial charge in [0, 0.05) is 11.8 Å². The summed E-state index contributed by atoms with van der Waals surface area (Å²) in [6, 6.07) is 11.6. The van der Waals surface area contributed by atoms with Gasteiger partial charge in [0.1, 0.15) is 11.3 Å². The van der Waals surface area contributed by atoms with Crippen LogP contribution in [0.15, 0.2) is 47.8 Å². The highest BCUT2D eigenvalue weighted by atomic mass is 16.3. The van der Waals surface area contributed by atoms with Crippen molar-refractivity contribution in [2.45, 2.75) is 32.8 Å². The van der Waals surface area contributed by atoms with E-state index in [1.165, 1.54) is 5.56 Å². The molecule has 1 unspecified atom stereocenters. The second-order valence-electron chi connectivity index (χ2n) is 5.73. The Kier molecular flexibility index (Phi) is 4.21. The number of aliphatic hydroxyl groups excluding tert-OH is 1. The van der Waals surface area contributed by atoms with E-state index in [0.29, 0.717) is 17.3 Å². The molecule has 23 heavy (non-hydrogen) atoms. The standard InChI is InChI=1S/C18H19N3O2/c1-3-12(2)14-4-6-15(7-5-14)17-18(20-23)21-9-8-13(11-22)10-16(21)19-17/h4-10,12,22H,3,11H2,1-2H3. The third kappa shape index (κ3) is 2.75. The summed E-state index contributed by atoms with van der Waals surface area (Å²) in [5, 5.41) is 12.4. The number of rotatable bonds is 5. The molecule has 0 radical (unpaired) electrons. The first-order valence-electron chi connectivity index (χ1n) is 7.73. The Balaban J connectivity index is 2.09. The van der Waals surface area contributed by atoms with Crippen molar-refractivity contribution in [3.8, 4) is 11.3 Å². The van der Waals surface area contributed by atoms with Crippen molar-refractivity contribution in [1.82, 2.24) is 9.38 Å². The van der Waals surface area contributed by atoms with E-state index in [0.717, 1.165) is 17.5 Å². The van der Waals surface area contributed by atoms with Gasteiger partial charge in [-0.15, -0.1) is 4.91 Å². The van der Waals surface area contributed by atoms with E-state index < -0.39 is 0 Å². The molecule has 0 aliphatic rings. The number of aromatic nitrogens is 2. The van der Waals surface area contributed by atoms with Gasteiger partial charge in [-0.3, -0.25) is 4.40 Å². The maximum Gasteiger partial charge on any atom is 0.209 e. The van der Waals surface area contributed by atoms with E-state index in [4.69, 9.17) is 0 Å². The van der Waals surface area contributed by atoms with Gasteiger partial charge in [-0.2, -0.15) is 0 Å². The molecule has 0 saturated heterocycles. The molecule has 2 aromatic heterocycles. The minimum Gasteiger partial charge on any atom is -0.392 e. The highest BCUT2D eigenvalue weighted by Crippen LogP contribution is 2.32. The molecule has 0 amide bonds. The highest BCUT2D eigenvalue weighted by molar-refractivity contribution is 5.74. The SMILES string of the molecule is CCC(C)c1ccc(-c2nc3cc(CO)ccn3c2N=O)cc1. The normalized spacial score (nSPS) is 12.5. The maximum atomic E-state index is 11.3. The number of benzene rings is 1. The summed E-state index contributed by atoms with van der Waals surface area (Å²) < 4.78 is 1.64. The molecule has 1 N–H and O–H groups in total. The fraction of sp³-hybridized carbons (Fsp3) is 0.278. The van der Waals surface area contributed by atoms with Crippen molar-refractivity contribution in [2.24, 2.45) is 5.18 Å². The van der Waals surface area contributed by atoms with Gasteiger partial charge in [0.15, 0.2) is 0 Å². The molecule has 1 atom stereocenters. The topological polar surface area (TPSA) is 67.0 Å². The monoisotopic (exact) mass is 309 g/mol. The number of aliphatic hydroxyl groups is 1. The molecule has 5 nitrogen and oxygen atoms in total. The second kappa shape index (κ2) is 6.30. The summed E-state index contributed by atoms with van der Waals surface area (Å²) >= 11 is 0. The fourth-order valence-corrected chi connectivity index (χ4v) is 2.66. The van der Waals surface area contributed by atoms with Gasteiger partial charge in [-0.25, -0.2) is 4.98 Å². The van der Waals surface area contributed by atoms with Gasteiger partial charge in [-0.05, 0) is 40.8 Å². The summed E-state index contributed by atoms with van der Waals surface area (Å²) in [4.78, 5) is 15.8. The van der Waals surface area contributed by atoms with Crippen LogP contribution in [0.4, 0.5) is 5.82 Å². The first kappa shape index (κ1) is 15.4. The van der Waals surface area contributed by atoms with Gasteiger partial charge in [-0.1, -0.05) is 38.1 Å². The van der Waals surface area contributed by atoms with Gasteiger partial charge >= 0.3 is 0 Å². The average molecular weight is 309 g/mol. The van der Waals surface area contributed by atoms with Crippen molar-refractivity contribution in [2.75, 3.05) is 0 Å². The number of nitrogens with zero attached hydrogens (tertiary/aromatic N) is 3. The molecule has 0 aliphatic heterocycles. The minimum absolute atomic E-state index is 0.0633. The van der Waals surface area contributed by atoms with E-state index in [9.17, 15) is 10.0 Å². The Labute approximate surface area is 134 Å². The van der Waals surface area contributed by atoms with Crippen LogP contribution < -0.4 is 0 Å². The lowest BCUT2D eigenvalue weighted by Gasteiger charge is -2.09. The van der Waals surface area contributed by atoms with Crippen molar-refractivity contribution < 1.29 is 5.11 Å². The lowest BCUT2D eigenvalue weighted by atomic mass is 9.97. The quantitative estimate of drug-likeness (QED) is 0.710. The lowest BCUT2D eigenvalue weighted by Crippen LogP contribution is -1.90. The molecule has 3 rings (SSSR count). The van der Waals surface area contributed by atoms with Crippen molar-refractivity contribution in [1.29, 1.82) is 0 Å². The van der Waals surface area contributed by atoms with E-state index in [1.54, 1.807) is 22.7 Å². The van der Waals surface area contributed by atoms with Crippen LogP contribution in [0, 0.1) is 4.91 Å². The van der Waals surface area contributed by atoms with Crippen LogP contribution in [0.2, 0.25) is 0 Å². The van der Waals surface area contributed by atoms with E-state index in [1.807, 2.05) is 12.1 Å². The van der Waals surface area contributed by atoms with Gasteiger partial charge < -0.3 is 5.11 Å². The largest absolute Gasteiger partial charge is 0.392 e. The summed E-state index contributed by atoms with van der Waals surface area (Å²) in [5.74, 6) is 0.779. The summed E-state index contributed by atoms with van der Waals surface area (Å²) in [6.45, 7) is 4.29. The molecule has 0 bridgehead atoms. The second-order valence-corrected chi connectivity index (χ2v) is 5.73. The number of hydrogen-bond acceptors (Lipinski definition) is 4. The Morgan fingerprint density at radius 2 is 2.00 bits per heavy atom. The Morgan fingerprint density at radius 3 is 2.61 bits per heavy atom. The predicted molar refractivity (Wildman–Crippen MR) is 90.7 cm³/mol. The van der Waals surface area contributed by atoms with Crippen molar-refractivity contribution in [3.05, 3.63) is 58.6 Å². The highest BCUT2D eigenvalue weighted by Gasteiger charge is 2.15. The van der Waals surface area contributed by atoms with Crippen LogP contribution in [0.1, 0.15) is 37.3 Å². The van der Waals surface area contributed by atoms with Crippen molar-refractivity contribution in [3.63, 3.8) is 0 Å². The minimum atomic E-state index is -0.0633. The molecule has 0 spiro atoms. The summed E-state index contributed by atoms with van der Waals surface area (Å²) in [6.07, 6.45) is 2.79. The van der Waals surface area contributed by atoms with E-state index in [2.05, 4.69) is 36.1 Å². The fourth-order valence-electron chi connectivity index (χ4n) is 2.66. The van der Waals surface area contributed by atoms with Crippen molar-refractivity contribution >= 4 is 11.5 Å². The number of hydrogen-bond donors (Lipinski definition) is 1. The summed E-state index contributed by atoms with van der Waals surface area (Å²) in [5.41, 5.74) is 4.04. The zero-order chi connectivity index (χ0) is 16.4. The molecule has 0 fully saturated rings. The average Bonchev–Trinajstić information content (AvgIpc) is 2.98. The zero-order valence-corrected chi connectivity index (χ0v) is 13.2. The Morgan fingerprint density at radius 1 is 1.26 bits per heavy atom. The smallest absolute Gasteiger partial charge is 0.209 e. The molecular formula is C18H19N3O2. The van der Waals surface area contributed by atoms with Crippen LogP contribution in [0.3, 0.4) is 0 Å². The van der Waals surface area contributed by atoms with Crippen LogP contribution in [0.25, 0.3) is 16.9 Å². The molecule has 5 heteroatoms. The Hall–Kier alpha value is -2.53. The Bertz CT molecular complexity index is 837. The van der Waals surface area contributed by atoms with Crippen LogP contribution >= 0.6 is 0 Å². The molecule has 2 heterocycles. The van der Waals surface area contributed by atoms with E-state index >= 15 is 0 Å². The molecule has 3 aromatic rings. The number of fused-ring (bicyclic) bond motifs is 1. The van der Waals surface area contributed by atoms with Crippen LogP contribution in [-0.4, -0.2) is 14.5 Å². The van der Waals surface area contributed by atoms with Gasteiger partial charge in [0.2, 0.25) is 5.82 Å².